The van der Waals surface area contributed by atoms with Gasteiger partial charge in [0.25, 0.3) is 0 Å². The molecular formula is C93H109N15O3S4. The van der Waals surface area contributed by atoms with Crippen LogP contribution in [0.2, 0.25) is 0 Å². The zero-order valence-electron chi connectivity index (χ0n) is 73.1. The SMILES string of the molecule is CC1=Nc2c(C)cc(C)nc2C(=O)C1C.Cc1cc(C)c2ncn(C)c2c1C.Cc1cc(C)c2ncoc2c1C.Cc1cc(C)c2ncsc2c1C.Cc1cc(C)c2nsnc2c1C.Cc1nc2c(C)cnn2c(C)c1C.Cc1nc2c(C)coc2c(C)c1C.Cc1nc2c(C)csc2c(C)c1C.Cc1nc2scc(C)c2nc1C. The van der Waals surface area contributed by atoms with E-state index in [9.17, 15) is 4.79 Å². The second kappa shape index (κ2) is 36.1. The van der Waals surface area contributed by atoms with Crippen LogP contribution in [0, 0.1) is 207 Å². The molecule has 115 heavy (non-hydrogen) atoms. The van der Waals surface area contributed by atoms with Gasteiger partial charge in [0.1, 0.15) is 38.1 Å². The van der Waals surface area contributed by atoms with Gasteiger partial charge in [0.2, 0.25) is 0 Å². The molecule has 0 bridgehead atoms. The number of hydrogen-bond donors (Lipinski definition) is 0. The minimum absolute atomic E-state index is 0.0873. The number of benzene rings is 4. The number of hydrogen-bond acceptors (Lipinski definition) is 20. The highest BCUT2D eigenvalue weighted by atomic mass is 32.1. The number of thiazole rings is 1. The Bertz CT molecular complexity index is 6150. The Morgan fingerprint density at radius 3 is 1.62 bits per heavy atom. The third-order valence-electron chi connectivity index (χ3n) is 22.3. The lowest BCUT2D eigenvalue weighted by Crippen LogP contribution is -2.24. The number of aryl methyl sites for hydroxylation is 27. The van der Waals surface area contributed by atoms with Gasteiger partial charge in [-0.15, -0.1) is 34.0 Å². The van der Waals surface area contributed by atoms with E-state index in [0.717, 1.165) is 117 Å². The maximum absolute atomic E-state index is 12.0. The summed E-state index contributed by atoms with van der Waals surface area (Å²) in [7, 11) is 2.04. The van der Waals surface area contributed by atoms with Gasteiger partial charge in [-0.1, -0.05) is 24.3 Å². The predicted octanol–water partition coefficient (Wildman–Crippen LogP) is 24.9. The van der Waals surface area contributed by atoms with E-state index in [0.29, 0.717) is 5.69 Å². The highest BCUT2D eigenvalue weighted by molar-refractivity contribution is 7.17. The molecular weight excluding hydrogens is 1500 g/mol. The summed E-state index contributed by atoms with van der Waals surface area (Å²) in [6.07, 6.45) is 7.01. The molecule has 0 amide bonds. The molecule has 22 heteroatoms. The first-order valence-corrected chi connectivity index (χ1v) is 41.9. The molecule has 1 aliphatic rings. The molecule has 0 aliphatic carbocycles. The van der Waals surface area contributed by atoms with Crippen molar-refractivity contribution in [3.05, 3.63) is 240 Å². The molecule has 598 valence electrons. The van der Waals surface area contributed by atoms with E-state index in [1.165, 1.54) is 155 Å². The molecule has 0 saturated carbocycles. The number of furan rings is 1. The van der Waals surface area contributed by atoms with Crippen LogP contribution in [-0.2, 0) is 7.05 Å². The minimum Gasteiger partial charge on any atom is -0.462 e. The molecule has 1 atom stereocenters. The topological polar surface area (TPSA) is 220 Å². The number of thiophene rings is 2. The molecule has 4 aromatic carbocycles. The summed E-state index contributed by atoms with van der Waals surface area (Å²) in [5.74, 6) is -0.0458. The molecule has 1 unspecified atom stereocenters. The van der Waals surface area contributed by atoms with Crippen LogP contribution < -0.4 is 0 Å². The molecule has 18 nitrogen and oxygen atoms in total. The summed E-state index contributed by atoms with van der Waals surface area (Å²) in [4.78, 5) is 57.2. The molecule has 1 aliphatic heterocycles. The van der Waals surface area contributed by atoms with Crippen molar-refractivity contribution in [3.8, 4) is 0 Å². The van der Waals surface area contributed by atoms with Crippen molar-refractivity contribution in [1.29, 1.82) is 0 Å². The molecule has 0 spiro atoms. The number of nitrogens with zero attached hydrogens (tertiary/aromatic N) is 15. The molecule has 0 fully saturated rings. The summed E-state index contributed by atoms with van der Waals surface area (Å²) in [5.41, 5.74) is 51.8. The monoisotopic (exact) mass is 1610 g/mol. The zero-order valence-corrected chi connectivity index (χ0v) is 76.3. The van der Waals surface area contributed by atoms with E-state index in [-0.39, 0.29) is 11.7 Å². The van der Waals surface area contributed by atoms with Crippen molar-refractivity contribution < 1.29 is 13.6 Å². The molecule has 13 aromatic heterocycles. The fourth-order valence-electron chi connectivity index (χ4n) is 13.7. The zero-order chi connectivity index (χ0) is 84.4. The number of carbonyl (C=O) groups excluding carboxylic acids is 1. The van der Waals surface area contributed by atoms with Crippen LogP contribution in [0.15, 0.2) is 85.6 Å². The molecule has 0 N–H and O–H groups in total. The number of rotatable bonds is 0. The molecule has 0 radical (unpaired) electrons. The summed E-state index contributed by atoms with van der Waals surface area (Å²) in [5, 5.41) is 8.56. The van der Waals surface area contributed by atoms with Crippen LogP contribution in [-0.4, -0.2) is 79.3 Å². The maximum atomic E-state index is 12.0. The fraction of sp³-hybridized carbons (Fsp3) is 0.355. The quantitative estimate of drug-likeness (QED) is 0.138. The normalized spacial score (nSPS) is 12.2. The van der Waals surface area contributed by atoms with Crippen molar-refractivity contribution in [2.45, 2.75) is 215 Å². The number of aromatic nitrogens is 14. The number of ketones is 1. The van der Waals surface area contributed by atoms with Crippen molar-refractivity contribution >= 4 is 144 Å². The van der Waals surface area contributed by atoms with Crippen molar-refractivity contribution in [2.75, 3.05) is 0 Å². The van der Waals surface area contributed by atoms with Gasteiger partial charge in [-0.25, -0.2) is 44.4 Å². The maximum Gasteiger partial charge on any atom is 0.191 e. The average molecular weight is 1610 g/mol. The van der Waals surface area contributed by atoms with Crippen LogP contribution in [0.5, 0.6) is 0 Å². The number of carbonyl (C=O) groups is 1. The van der Waals surface area contributed by atoms with Gasteiger partial charge >= 0.3 is 0 Å². The Balaban J connectivity index is 0.000000137. The highest BCUT2D eigenvalue weighted by Crippen LogP contribution is 2.34. The average Bonchev–Trinajstić information content (AvgIpc) is 1.61. The number of imidazole rings is 1. The lowest BCUT2D eigenvalue weighted by Gasteiger charge is -2.19. The van der Waals surface area contributed by atoms with Crippen LogP contribution in [0.1, 0.15) is 187 Å². The van der Waals surface area contributed by atoms with Gasteiger partial charge in [-0.3, -0.25) is 14.8 Å². The third kappa shape index (κ3) is 18.4. The van der Waals surface area contributed by atoms with Crippen molar-refractivity contribution in [3.63, 3.8) is 0 Å². The number of pyridine rings is 3. The largest absolute Gasteiger partial charge is 0.462 e. The predicted molar refractivity (Wildman–Crippen MR) is 484 cm³/mol. The van der Waals surface area contributed by atoms with Crippen molar-refractivity contribution in [1.82, 2.24) is 67.8 Å². The fourth-order valence-corrected chi connectivity index (χ4v) is 17.2. The van der Waals surface area contributed by atoms with Crippen LogP contribution in [0.25, 0.3) is 80.7 Å². The van der Waals surface area contributed by atoms with E-state index in [1.54, 1.807) is 40.3 Å². The molecule has 0 saturated heterocycles. The first-order chi connectivity index (χ1) is 54.2. The summed E-state index contributed by atoms with van der Waals surface area (Å²) < 4.78 is 25.9. The Kier molecular flexibility index (Phi) is 27.3. The van der Waals surface area contributed by atoms with Crippen LogP contribution in [0.3, 0.4) is 0 Å². The Morgan fingerprint density at radius 1 is 0.400 bits per heavy atom. The van der Waals surface area contributed by atoms with Gasteiger partial charge in [0.05, 0.1) is 90.5 Å². The molecule has 14 heterocycles. The number of oxazole rings is 1. The van der Waals surface area contributed by atoms with Crippen molar-refractivity contribution in [2.24, 2.45) is 18.0 Å². The second-order valence-electron chi connectivity index (χ2n) is 30.8. The molecule has 17 aromatic rings. The lowest BCUT2D eigenvalue weighted by molar-refractivity contribution is 0.0954. The second-order valence-corrected chi connectivity index (χ2v) is 33.9. The first-order valence-electron chi connectivity index (χ1n) is 38.6. The first kappa shape index (κ1) is 86.9. The Hall–Kier alpha value is -10.5. The van der Waals surface area contributed by atoms with Gasteiger partial charge in [0.15, 0.2) is 29.0 Å². The standard InChI is InChI=1S/C12H14N2O.C11H14N2.C11H13NO.C11H13NS.C10H13N3.C10H11NO.C10H11NS.2C9H10N2S/c1-6-5-7(2)13-11-10(6)14-9(4)8(3)12(11)15;1-7-5-8(2)10-11(9(7)3)13(4)6-12-10;2*1-6-5-13-11-8(3)7(2)9(4)12-10(6)11;1-6-5-11-13-9(4)7(2)8(3)12-10(6)13;2*1-6-4-7(2)9-10(8(6)3)12-5-11-9;1-5-4-12-9-8(5)10-6(2)7(3)11-9;1-5-4-6(2)8-9(7(5)3)11-12-10-8/h5,8H,1-4H3;5-6H,1-4H3;3*5H,1-4H3;2*4-5H,1-3H3;2*4H,1-3H3. The minimum atomic E-state index is -0.133. The summed E-state index contributed by atoms with van der Waals surface area (Å²) in [6.45, 7) is 64.0. The summed E-state index contributed by atoms with van der Waals surface area (Å²) in [6, 6.07) is 10.7. The van der Waals surface area contributed by atoms with Gasteiger partial charge in [0, 0.05) is 52.4 Å². The number of fused-ring (bicyclic) bond motifs is 9. The highest BCUT2D eigenvalue weighted by Gasteiger charge is 2.28. The van der Waals surface area contributed by atoms with E-state index in [2.05, 4.69) is 249 Å². The van der Waals surface area contributed by atoms with E-state index < -0.39 is 0 Å². The third-order valence-corrected chi connectivity index (χ3v) is 26.0. The Morgan fingerprint density at radius 2 is 0.939 bits per heavy atom. The van der Waals surface area contributed by atoms with E-state index >= 15 is 0 Å². The van der Waals surface area contributed by atoms with E-state index in [4.69, 9.17) is 8.83 Å². The van der Waals surface area contributed by atoms with Crippen LogP contribution in [0.4, 0.5) is 5.69 Å². The number of aliphatic imine (C=N–C) groups is 1. The van der Waals surface area contributed by atoms with Gasteiger partial charge < -0.3 is 13.4 Å². The lowest BCUT2D eigenvalue weighted by atomic mass is 9.93. The summed E-state index contributed by atoms with van der Waals surface area (Å²) >= 11 is 6.49. The van der Waals surface area contributed by atoms with Crippen LogP contribution >= 0.6 is 45.7 Å². The smallest absolute Gasteiger partial charge is 0.191 e. The van der Waals surface area contributed by atoms with Gasteiger partial charge in [-0.05, 0) is 343 Å². The van der Waals surface area contributed by atoms with Gasteiger partial charge in [-0.2, -0.15) is 13.8 Å². The Labute approximate surface area is 692 Å². The van der Waals surface area contributed by atoms with E-state index in [1.807, 2.05) is 105 Å². The number of Topliss-reactive ketones (excluding diaryl/α,β-unsaturated/α-hetero) is 1. The molecule has 18 rings (SSSR count).